The van der Waals surface area contributed by atoms with Crippen LogP contribution in [-0.2, 0) is 12.8 Å². The van der Waals surface area contributed by atoms with Crippen LogP contribution in [0.1, 0.15) is 24.7 Å². The van der Waals surface area contributed by atoms with Gasteiger partial charge < -0.3 is 15.4 Å². The van der Waals surface area contributed by atoms with E-state index < -0.39 is 6.09 Å². The summed E-state index contributed by atoms with van der Waals surface area (Å²) < 4.78 is 0. The van der Waals surface area contributed by atoms with E-state index in [1.807, 2.05) is 0 Å². The number of aromatic nitrogens is 2. The quantitative estimate of drug-likeness (QED) is 0.757. The van der Waals surface area contributed by atoms with Crippen LogP contribution in [0.5, 0.6) is 0 Å². The van der Waals surface area contributed by atoms with Crippen LogP contribution < -0.4 is 5.32 Å². The number of carboxylic acid groups (broad SMARTS) is 1. The Morgan fingerprint density at radius 3 is 2.70 bits per heavy atom. The van der Waals surface area contributed by atoms with E-state index in [-0.39, 0.29) is 0 Å². The van der Waals surface area contributed by atoms with E-state index in [1.165, 1.54) is 5.56 Å². The molecule has 0 radical (unpaired) electrons. The Bertz CT molecular complexity index is 561. The zero-order valence-electron chi connectivity index (χ0n) is 11.5. The molecule has 0 unspecified atom stereocenters. The Hall–Kier alpha value is -2.30. The van der Waals surface area contributed by atoms with Crippen LogP contribution in [0.15, 0.2) is 30.5 Å². The predicted octanol–water partition coefficient (Wildman–Crippen LogP) is 2.84. The summed E-state index contributed by atoms with van der Waals surface area (Å²) in [6, 6.07) is 8.42. The normalized spacial score (nSPS) is 10.4. The van der Waals surface area contributed by atoms with Gasteiger partial charge in [-0.05, 0) is 17.5 Å². The molecule has 0 bridgehead atoms. The maximum atomic E-state index is 10.4. The number of aromatic amines is 1. The lowest BCUT2D eigenvalue weighted by Crippen LogP contribution is -2.23. The first kappa shape index (κ1) is 14.1. The topological polar surface area (TPSA) is 78.0 Å². The number of hydrogen-bond acceptors (Lipinski definition) is 2. The minimum Gasteiger partial charge on any atom is -0.465 e. The molecule has 20 heavy (non-hydrogen) atoms. The Balaban J connectivity index is 1.98. The Morgan fingerprint density at radius 2 is 2.05 bits per heavy atom. The highest BCUT2D eigenvalue weighted by Crippen LogP contribution is 2.18. The van der Waals surface area contributed by atoms with E-state index in [4.69, 9.17) is 5.11 Å². The number of nitrogens with zero attached hydrogens (tertiary/aromatic N) is 1. The fourth-order valence-electron chi connectivity index (χ4n) is 2.06. The second kappa shape index (κ2) is 6.75. The number of carbonyl (C=O) groups is 1. The Labute approximate surface area is 118 Å². The van der Waals surface area contributed by atoms with Crippen LogP contribution in [0.2, 0.25) is 0 Å². The average molecular weight is 273 g/mol. The third-order valence-corrected chi connectivity index (χ3v) is 3.07. The zero-order valence-corrected chi connectivity index (χ0v) is 11.5. The van der Waals surface area contributed by atoms with E-state index in [9.17, 15) is 4.79 Å². The molecular weight excluding hydrogens is 254 g/mol. The van der Waals surface area contributed by atoms with Gasteiger partial charge in [0.15, 0.2) is 0 Å². The molecule has 0 spiro atoms. The van der Waals surface area contributed by atoms with E-state index in [1.54, 1.807) is 6.20 Å². The number of benzene rings is 1. The number of H-pyrrole nitrogens is 1. The lowest BCUT2D eigenvalue weighted by Gasteiger charge is -2.01. The highest BCUT2D eigenvalue weighted by Gasteiger charge is 2.04. The molecule has 0 saturated heterocycles. The van der Waals surface area contributed by atoms with Crippen LogP contribution in [-0.4, -0.2) is 27.7 Å². The van der Waals surface area contributed by atoms with Gasteiger partial charge in [0.1, 0.15) is 5.82 Å². The maximum Gasteiger partial charge on any atom is 0.404 e. The zero-order chi connectivity index (χ0) is 14.4. The van der Waals surface area contributed by atoms with Crippen molar-refractivity contribution in [3.8, 4) is 11.3 Å². The van der Waals surface area contributed by atoms with Crippen molar-refractivity contribution in [2.24, 2.45) is 0 Å². The Kier molecular flexibility index (Phi) is 4.76. The van der Waals surface area contributed by atoms with Gasteiger partial charge in [-0.2, -0.15) is 0 Å². The van der Waals surface area contributed by atoms with Gasteiger partial charge in [0.25, 0.3) is 0 Å². The van der Waals surface area contributed by atoms with Crippen molar-refractivity contribution in [2.45, 2.75) is 26.2 Å². The molecule has 5 heteroatoms. The highest BCUT2D eigenvalue weighted by molar-refractivity contribution is 5.64. The molecule has 1 aromatic carbocycles. The van der Waals surface area contributed by atoms with E-state index in [0.29, 0.717) is 13.0 Å². The summed E-state index contributed by atoms with van der Waals surface area (Å²) in [5.41, 5.74) is 3.38. The van der Waals surface area contributed by atoms with Gasteiger partial charge >= 0.3 is 6.09 Å². The van der Waals surface area contributed by atoms with E-state index >= 15 is 0 Å². The number of aryl methyl sites for hydroxylation is 1. The molecule has 0 saturated carbocycles. The monoisotopic (exact) mass is 273 g/mol. The van der Waals surface area contributed by atoms with Crippen LogP contribution in [0.4, 0.5) is 4.79 Å². The molecule has 0 fully saturated rings. The van der Waals surface area contributed by atoms with Gasteiger partial charge in [-0.3, -0.25) is 0 Å². The molecule has 2 aromatic rings. The SMILES string of the molecule is CCCc1ccc(-c2cnc(CCNC(=O)O)[nH]2)cc1. The molecule has 1 heterocycles. The number of imidazole rings is 1. The van der Waals surface area contributed by atoms with Crippen molar-refractivity contribution >= 4 is 6.09 Å². The molecule has 5 nitrogen and oxygen atoms in total. The fourth-order valence-corrected chi connectivity index (χ4v) is 2.06. The van der Waals surface area contributed by atoms with E-state index in [2.05, 4.69) is 46.5 Å². The van der Waals surface area contributed by atoms with Crippen molar-refractivity contribution in [1.29, 1.82) is 0 Å². The third kappa shape index (κ3) is 3.85. The minimum atomic E-state index is -1.01. The largest absolute Gasteiger partial charge is 0.465 e. The predicted molar refractivity (Wildman–Crippen MR) is 77.8 cm³/mol. The van der Waals surface area contributed by atoms with Gasteiger partial charge in [0.2, 0.25) is 0 Å². The number of amides is 1. The first-order valence-electron chi connectivity index (χ1n) is 6.79. The standard InChI is InChI=1S/C15H19N3O2/c1-2-3-11-4-6-12(7-5-11)13-10-17-14(18-13)8-9-16-15(19)20/h4-7,10,16H,2-3,8-9H2,1H3,(H,17,18)(H,19,20). The van der Waals surface area contributed by atoms with Crippen molar-refractivity contribution < 1.29 is 9.90 Å². The smallest absolute Gasteiger partial charge is 0.404 e. The first-order chi connectivity index (χ1) is 9.69. The fraction of sp³-hybridized carbons (Fsp3) is 0.333. The van der Waals surface area contributed by atoms with Crippen LogP contribution in [0.25, 0.3) is 11.3 Å². The number of nitrogens with one attached hydrogen (secondary N) is 2. The number of hydrogen-bond donors (Lipinski definition) is 3. The molecule has 1 amide bonds. The summed E-state index contributed by atoms with van der Waals surface area (Å²) in [7, 11) is 0. The lowest BCUT2D eigenvalue weighted by molar-refractivity contribution is 0.194. The summed E-state index contributed by atoms with van der Waals surface area (Å²) >= 11 is 0. The molecule has 2 rings (SSSR count). The van der Waals surface area contributed by atoms with Gasteiger partial charge in [0, 0.05) is 13.0 Å². The van der Waals surface area contributed by atoms with Crippen LogP contribution in [0.3, 0.4) is 0 Å². The minimum absolute atomic E-state index is 0.359. The second-order valence-electron chi connectivity index (χ2n) is 4.67. The summed E-state index contributed by atoms with van der Waals surface area (Å²) in [5.74, 6) is 0.784. The number of rotatable bonds is 6. The van der Waals surface area contributed by atoms with Crippen molar-refractivity contribution in [2.75, 3.05) is 6.54 Å². The van der Waals surface area contributed by atoms with Gasteiger partial charge in [-0.15, -0.1) is 0 Å². The molecule has 1 aromatic heterocycles. The molecule has 106 valence electrons. The molecular formula is C15H19N3O2. The molecule has 3 N–H and O–H groups in total. The van der Waals surface area contributed by atoms with Crippen LogP contribution in [0, 0.1) is 0 Å². The Morgan fingerprint density at radius 1 is 1.30 bits per heavy atom. The van der Waals surface area contributed by atoms with Gasteiger partial charge in [0.05, 0.1) is 11.9 Å². The lowest BCUT2D eigenvalue weighted by atomic mass is 10.1. The molecule has 0 aliphatic heterocycles. The molecule has 0 aliphatic carbocycles. The molecule has 0 aliphatic rings. The summed E-state index contributed by atoms with van der Waals surface area (Å²) in [6.07, 6.45) is 3.56. The maximum absolute atomic E-state index is 10.4. The average Bonchev–Trinajstić information content (AvgIpc) is 2.88. The van der Waals surface area contributed by atoms with Crippen molar-refractivity contribution in [3.05, 3.63) is 41.9 Å². The highest BCUT2D eigenvalue weighted by atomic mass is 16.4. The van der Waals surface area contributed by atoms with Crippen molar-refractivity contribution in [1.82, 2.24) is 15.3 Å². The third-order valence-electron chi connectivity index (χ3n) is 3.07. The summed E-state index contributed by atoms with van der Waals surface area (Å²) in [5, 5.41) is 10.8. The summed E-state index contributed by atoms with van der Waals surface area (Å²) in [4.78, 5) is 17.8. The summed E-state index contributed by atoms with van der Waals surface area (Å²) in [6.45, 7) is 2.53. The molecule has 0 atom stereocenters. The van der Waals surface area contributed by atoms with E-state index in [0.717, 1.165) is 29.9 Å². The first-order valence-corrected chi connectivity index (χ1v) is 6.79. The second-order valence-corrected chi connectivity index (χ2v) is 4.67. The van der Waals surface area contributed by atoms with Crippen LogP contribution >= 0.6 is 0 Å². The van der Waals surface area contributed by atoms with Gasteiger partial charge in [-0.1, -0.05) is 37.6 Å². The van der Waals surface area contributed by atoms with Gasteiger partial charge in [-0.25, -0.2) is 9.78 Å². The van der Waals surface area contributed by atoms with Crippen molar-refractivity contribution in [3.63, 3.8) is 0 Å².